The number of hydrogen-bond donors (Lipinski definition) is 1. The molecule has 0 amide bonds. The Kier molecular flexibility index (Phi) is 3.65. The highest BCUT2D eigenvalue weighted by Gasteiger charge is 2.16. The Balaban J connectivity index is 2.92. The van der Waals surface area contributed by atoms with Crippen molar-refractivity contribution in [3.05, 3.63) is 30.1 Å². The van der Waals surface area contributed by atoms with Gasteiger partial charge in [-0.05, 0) is 12.1 Å². The van der Waals surface area contributed by atoms with Gasteiger partial charge in [-0.25, -0.2) is 4.39 Å². The molecule has 0 radical (unpaired) electrons. The van der Waals surface area contributed by atoms with Gasteiger partial charge in [0.15, 0.2) is 0 Å². The van der Waals surface area contributed by atoms with Gasteiger partial charge in [0.1, 0.15) is 5.82 Å². The van der Waals surface area contributed by atoms with Crippen molar-refractivity contribution in [3.8, 4) is 0 Å². The Morgan fingerprint density at radius 1 is 1.40 bits per heavy atom. The number of benzene rings is 1. The van der Waals surface area contributed by atoms with Crippen molar-refractivity contribution in [2.75, 3.05) is 18.3 Å². The Morgan fingerprint density at radius 2 is 2.00 bits per heavy atom. The van der Waals surface area contributed by atoms with Crippen molar-refractivity contribution in [2.24, 2.45) is 0 Å². The maximum absolute atomic E-state index is 13.1. The van der Waals surface area contributed by atoms with E-state index >= 15 is 0 Å². The number of anilines is 1. The van der Waals surface area contributed by atoms with Crippen LogP contribution in [0.2, 0.25) is 0 Å². The number of halogens is 1. The summed E-state index contributed by atoms with van der Waals surface area (Å²) in [5.41, 5.74) is -0.0437. The van der Waals surface area contributed by atoms with E-state index in [1.54, 1.807) is 13.0 Å². The molecule has 0 saturated heterocycles. The summed E-state index contributed by atoms with van der Waals surface area (Å²) >= 11 is 0. The van der Waals surface area contributed by atoms with Crippen molar-refractivity contribution in [1.29, 1.82) is 0 Å². The minimum atomic E-state index is -3.64. The first kappa shape index (κ1) is 11.9. The van der Waals surface area contributed by atoms with Crippen LogP contribution >= 0.6 is 0 Å². The molecule has 0 bridgehead atoms. The summed E-state index contributed by atoms with van der Waals surface area (Å²) in [6, 6.07) is 5.63. The molecule has 1 aromatic rings. The first-order valence-electron chi connectivity index (χ1n) is 4.46. The molecule has 84 valence electrons. The van der Waals surface area contributed by atoms with Gasteiger partial charge in [-0.1, -0.05) is 19.1 Å². The minimum Gasteiger partial charge on any atom is -0.268 e. The summed E-state index contributed by atoms with van der Waals surface area (Å²) in [6.07, 6.45) is 0. The van der Waals surface area contributed by atoms with Crippen molar-refractivity contribution >= 4 is 15.9 Å². The second kappa shape index (κ2) is 4.59. The molecule has 1 rings (SSSR count). The van der Waals surface area contributed by atoms with E-state index in [-0.39, 0.29) is 5.69 Å². The lowest BCUT2D eigenvalue weighted by Crippen LogP contribution is -2.32. The topological polar surface area (TPSA) is 49.4 Å². The van der Waals surface area contributed by atoms with Crippen LogP contribution in [-0.2, 0) is 10.2 Å². The van der Waals surface area contributed by atoms with Gasteiger partial charge in [-0.2, -0.15) is 12.7 Å². The van der Waals surface area contributed by atoms with Crippen molar-refractivity contribution in [2.45, 2.75) is 6.92 Å². The summed E-state index contributed by atoms with van der Waals surface area (Å²) < 4.78 is 39.5. The molecule has 0 saturated carbocycles. The molecule has 0 aliphatic rings. The lowest BCUT2D eigenvalue weighted by molar-refractivity contribution is 0.491. The van der Waals surface area contributed by atoms with Crippen molar-refractivity contribution < 1.29 is 12.8 Å². The maximum Gasteiger partial charge on any atom is 0.301 e. The molecule has 0 aliphatic carbocycles. The van der Waals surface area contributed by atoms with Crippen LogP contribution in [0.5, 0.6) is 0 Å². The van der Waals surface area contributed by atoms with Gasteiger partial charge in [-0.15, -0.1) is 0 Å². The lowest BCUT2D eigenvalue weighted by atomic mass is 10.3. The number of hydrogen-bond acceptors (Lipinski definition) is 2. The molecular weight excluding hydrogens is 219 g/mol. The number of nitrogens with one attached hydrogen (secondary N) is 1. The Morgan fingerprint density at radius 3 is 2.53 bits per heavy atom. The number of para-hydroxylation sites is 1. The Labute approximate surface area is 88.9 Å². The fourth-order valence-electron chi connectivity index (χ4n) is 0.931. The fraction of sp³-hybridized carbons (Fsp3) is 0.333. The zero-order valence-electron chi connectivity index (χ0n) is 8.57. The molecule has 15 heavy (non-hydrogen) atoms. The molecule has 1 N–H and O–H groups in total. The lowest BCUT2D eigenvalue weighted by Gasteiger charge is -2.16. The number of nitrogens with zero attached hydrogens (tertiary/aromatic N) is 1. The van der Waals surface area contributed by atoms with E-state index in [0.717, 1.165) is 4.31 Å². The van der Waals surface area contributed by atoms with E-state index in [1.807, 2.05) is 0 Å². The summed E-state index contributed by atoms with van der Waals surface area (Å²) in [5, 5.41) is 0. The minimum absolute atomic E-state index is 0.0437. The largest absolute Gasteiger partial charge is 0.301 e. The van der Waals surface area contributed by atoms with Crippen LogP contribution in [0.25, 0.3) is 0 Å². The van der Waals surface area contributed by atoms with E-state index < -0.39 is 16.0 Å². The zero-order chi connectivity index (χ0) is 11.5. The van der Waals surface area contributed by atoms with E-state index in [9.17, 15) is 12.8 Å². The summed E-state index contributed by atoms with van der Waals surface area (Å²) in [7, 11) is -2.22. The van der Waals surface area contributed by atoms with Crippen molar-refractivity contribution in [1.82, 2.24) is 4.31 Å². The first-order chi connectivity index (χ1) is 6.97. The van der Waals surface area contributed by atoms with E-state index in [1.165, 1.54) is 25.2 Å². The van der Waals surface area contributed by atoms with Gasteiger partial charge in [-0.3, -0.25) is 4.72 Å². The summed E-state index contributed by atoms with van der Waals surface area (Å²) in [6.45, 7) is 2.02. The average molecular weight is 232 g/mol. The standard InChI is InChI=1S/C9H13FN2O2S/c1-3-12(2)15(13,14)11-9-7-5-4-6-8(9)10/h4-7,11H,3H2,1-2H3. The van der Waals surface area contributed by atoms with Gasteiger partial charge >= 0.3 is 10.2 Å². The Hall–Kier alpha value is -1.14. The highest BCUT2D eigenvalue weighted by Crippen LogP contribution is 2.14. The van der Waals surface area contributed by atoms with Gasteiger partial charge in [0, 0.05) is 13.6 Å². The second-order valence-corrected chi connectivity index (χ2v) is 4.78. The molecule has 6 heteroatoms. The van der Waals surface area contributed by atoms with Crippen LogP contribution in [0.15, 0.2) is 24.3 Å². The van der Waals surface area contributed by atoms with E-state index in [0.29, 0.717) is 6.54 Å². The molecule has 0 fully saturated rings. The van der Waals surface area contributed by atoms with Crippen LogP contribution in [0.3, 0.4) is 0 Å². The predicted octanol–water partition coefficient (Wildman–Crippen LogP) is 1.43. The van der Waals surface area contributed by atoms with Crippen LogP contribution in [0.4, 0.5) is 10.1 Å². The molecule has 4 nitrogen and oxygen atoms in total. The predicted molar refractivity (Wildman–Crippen MR) is 57.2 cm³/mol. The highest BCUT2D eigenvalue weighted by atomic mass is 32.2. The van der Waals surface area contributed by atoms with E-state index in [2.05, 4.69) is 4.72 Å². The van der Waals surface area contributed by atoms with Gasteiger partial charge in [0.2, 0.25) is 0 Å². The van der Waals surface area contributed by atoms with Gasteiger partial charge in [0.05, 0.1) is 5.69 Å². The third kappa shape index (κ3) is 2.90. The van der Waals surface area contributed by atoms with Crippen molar-refractivity contribution in [3.63, 3.8) is 0 Å². The molecule has 0 spiro atoms. The Bertz CT molecular complexity index is 433. The molecule has 0 atom stereocenters. The second-order valence-electron chi connectivity index (χ2n) is 3.00. The molecule has 1 aromatic carbocycles. The normalized spacial score (nSPS) is 11.7. The SMILES string of the molecule is CCN(C)S(=O)(=O)Nc1ccccc1F. The third-order valence-electron chi connectivity index (χ3n) is 1.97. The highest BCUT2D eigenvalue weighted by molar-refractivity contribution is 7.90. The maximum atomic E-state index is 13.1. The van der Waals surface area contributed by atoms with Gasteiger partial charge < -0.3 is 0 Å². The molecule has 0 aromatic heterocycles. The quantitative estimate of drug-likeness (QED) is 0.853. The average Bonchev–Trinajstić information content (AvgIpc) is 2.20. The third-order valence-corrected chi connectivity index (χ3v) is 3.53. The van der Waals surface area contributed by atoms with Crippen LogP contribution in [0, 0.1) is 5.82 Å². The summed E-state index contributed by atoms with van der Waals surface area (Å²) in [4.78, 5) is 0. The molecule has 0 heterocycles. The summed E-state index contributed by atoms with van der Waals surface area (Å²) in [5.74, 6) is -0.592. The van der Waals surface area contributed by atoms with E-state index in [4.69, 9.17) is 0 Å². The van der Waals surface area contributed by atoms with Crippen LogP contribution < -0.4 is 4.72 Å². The molecular formula is C9H13FN2O2S. The van der Waals surface area contributed by atoms with Gasteiger partial charge in [0.25, 0.3) is 0 Å². The zero-order valence-corrected chi connectivity index (χ0v) is 9.38. The van der Waals surface area contributed by atoms with Crippen LogP contribution in [0.1, 0.15) is 6.92 Å². The molecule has 0 aliphatic heterocycles. The fourth-order valence-corrected chi connectivity index (χ4v) is 1.87. The monoisotopic (exact) mass is 232 g/mol. The molecule has 0 unspecified atom stereocenters. The smallest absolute Gasteiger partial charge is 0.268 e. The number of rotatable bonds is 4. The van der Waals surface area contributed by atoms with Crippen LogP contribution in [-0.4, -0.2) is 26.3 Å². The first-order valence-corrected chi connectivity index (χ1v) is 5.90.